The van der Waals surface area contributed by atoms with Crippen LogP contribution in [0.1, 0.15) is 6.92 Å². The summed E-state index contributed by atoms with van der Waals surface area (Å²) in [5.74, 6) is -0.384. The van der Waals surface area contributed by atoms with Crippen molar-refractivity contribution in [2.24, 2.45) is 0 Å². The molecule has 0 saturated heterocycles. The molecular weight excluding hydrogens is 170 g/mol. The molecule has 0 heterocycles. The Hall–Kier alpha value is -1.42. The Morgan fingerprint density at radius 2 is 1.92 bits per heavy atom. The van der Waals surface area contributed by atoms with E-state index in [0.717, 1.165) is 0 Å². The van der Waals surface area contributed by atoms with Gasteiger partial charge in [0.05, 0.1) is 12.3 Å². The molecule has 0 fully saturated rings. The Bertz CT molecular complexity index is 302. The number of hydrogen-bond acceptors (Lipinski definition) is 4. The van der Waals surface area contributed by atoms with Crippen molar-refractivity contribution in [3.8, 4) is 0 Å². The summed E-state index contributed by atoms with van der Waals surface area (Å²) in [7, 11) is 0. The number of carbonyl (C=O) groups is 2. The third-order valence-corrected chi connectivity index (χ3v) is 1.79. The van der Waals surface area contributed by atoms with Crippen LogP contribution in [-0.4, -0.2) is 29.8 Å². The second kappa shape index (κ2) is 4.00. The van der Waals surface area contributed by atoms with E-state index in [1.54, 1.807) is 6.92 Å². The molecule has 1 aliphatic carbocycles. The van der Waals surface area contributed by atoms with Crippen molar-refractivity contribution in [3.63, 3.8) is 0 Å². The number of aliphatic hydroxyl groups excluding tert-OH is 1. The smallest absolute Gasteiger partial charge is 0.202 e. The number of ketones is 2. The molecule has 0 saturated carbocycles. The van der Waals surface area contributed by atoms with Crippen LogP contribution in [0.5, 0.6) is 0 Å². The molecule has 0 aliphatic heterocycles. The zero-order chi connectivity index (χ0) is 9.84. The van der Waals surface area contributed by atoms with E-state index in [2.05, 4.69) is 5.32 Å². The Labute approximate surface area is 75.9 Å². The second-order valence-electron chi connectivity index (χ2n) is 2.71. The van der Waals surface area contributed by atoms with Crippen molar-refractivity contribution in [1.82, 2.24) is 5.32 Å². The lowest BCUT2D eigenvalue weighted by atomic mass is 10.0. The lowest BCUT2D eigenvalue weighted by Gasteiger charge is -2.12. The van der Waals surface area contributed by atoms with Crippen molar-refractivity contribution in [2.45, 2.75) is 6.92 Å². The fourth-order valence-electron chi connectivity index (χ4n) is 1.07. The minimum atomic E-state index is -0.217. The molecule has 4 heteroatoms. The molecule has 0 amide bonds. The maximum atomic E-state index is 11.2. The van der Waals surface area contributed by atoms with Crippen LogP contribution in [0.4, 0.5) is 0 Å². The van der Waals surface area contributed by atoms with Crippen molar-refractivity contribution >= 4 is 11.6 Å². The highest BCUT2D eigenvalue weighted by Crippen LogP contribution is 2.10. The summed E-state index contributed by atoms with van der Waals surface area (Å²) in [5.41, 5.74) is 0.697. The molecule has 0 unspecified atom stereocenters. The number of hydrogen-bond donors (Lipinski definition) is 2. The van der Waals surface area contributed by atoms with Crippen molar-refractivity contribution < 1.29 is 14.7 Å². The molecule has 0 aromatic rings. The molecule has 70 valence electrons. The van der Waals surface area contributed by atoms with Gasteiger partial charge in [0.1, 0.15) is 0 Å². The SMILES string of the molecule is CC1=C(NCCO)C(=O)C=CC1=O. The van der Waals surface area contributed by atoms with Crippen LogP contribution < -0.4 is 5.32 Å². The third-order valence-electron chi connectivity index (χ3n) is 1.79. The maximum absolute atomic E-state index is 11.2. The minimum absolute atomic E-state index is 0.0675. The predicted molar refractivity (Wildman–Crippen MR) is 46.9 cm³/mol. The predicted octanol–water partition coefficient (Wildman–Crippen LogP) is -0.450. The van der Waals surface area contributed by atoms with Crippen molar-refractivity contribution in [3.05, 3.63) is 23.4 Å². The van der Waals surface area contributed by atoms with E-state index >= 15 is 0 Å². The van der Waals surface area contributed by atoms with Gasteiger partial charge >= 0.3 is 0 Å². The Balaban J connectivity index is 2.83. The summed E-state index contributed by atoms with van der Waals surface area (Å²) in [4.78, 5) is 22.3. The van der Waals surface area contributed by atoms with Gasteiger partial charge in [-0.15, -0.1) is 0 Å². The van der Waals surface area contributed by atoms with Crippen molar-refractivity contribution in [1.29, 1.82) is 0 Å². The molecule has 0 aromatic carbocycles. The molecule has 0 atom stereocenters. The van der Waals surface area contributed by atoms with Crippen LogP contribution in [0.25, 0.3) is 0 Å². The molecule has 2 N–H and O–H groups in total. The highest BCUT2D eigenvalue weighted by Gasteiger charge is 2.18. The first-order valence-electron chi connectivity index (χ1n) is 3.99. The lowest BCUT2D eigenvalue weighted by molar-refractivity contribution is -0.115. The Morgan fingerprint density at radius 1 is 1.31 bits per heavy atom. The van der Waals surface area contributed by atoms with Crippen LogP contribution in [0.3, 0.4) is 0 Å². The molecule has 0 bridgehead atoms. The molecule has 0 spiro atoms. The highest BCUT2D eigenvalue weighted by atomic mass is 16.3. The maximum Gasteiger partial charge on any atom is 0.202 e. The average molecular weight is 181 g/mol. The number of rotatable bonds is 3. The fraction of sp³-hybridized carbons (Fsp3) is 0.333. The molecule has 1 aliphatic rings. The van der Waals surface area contributed by atoms with Crippen LogP contribution in [0.15, 0.2) is 23.4 Å². The molecule has 0 radical (unpaired) electrons. The quantitative estimate of drug-likeness (QED) is 0.579. The van der Waals surface area contributed by atoms with E-state index in [4.69, 9.17) is 5.11 Å². The number of allylic oxidation sites excluding steroid dienone is 3. The molecule has 4 nitrogen and oxygen atoms in total. The largest absolute Gasteiger partial charge is 0.395 e. The van der Waals surface area contributed by atoms with Gasteiger partial charge in [0.15, 0.2) is 5.78 Å². The first kappa shape index (κ1) is 9.67. The van der Waals surface area contributed by atoms with Gasteiger partial charge in [-0.2, -0.15) is 0 Å². The van der Waals surface area contributed by atoms with Gasteiger partial charge in [-0.1, -0.05) is 0 Å². The zero-order valence-corrected chi connectivity index (χ0v) is 7.33. The van der Waals surface area contributed by atoms with Gasteiger partial charge in [0.2, 0.25) is 5.78 Å². The van der Waals surface area contributed by atoms with Gasteiger partial charge in [-0.3, -0.25) is 9.59 Å². The van der Waals surface area contributed by atoms with Crippen LogP contribution >= 0.6 is 0 Å². The number of carbonyl (C=O) groups excluding carboxylic acids is 2. The molecule has 0 aromatic heterocycles. The van der Waals surface area contributed by atoms with E-state index in [1.165, 1.54) is 12.2 Å². The van der Waals surface area contributed by atoms with Crippen molar-refractivity contribution in [2.75, 3.05) is 13.2 Å². The van der Waals surface area contributed by atoms with E-state index in [-0.39, 0.29) is 24.7 Å². The van der Waals surface area contributed by atoms with Gasteiger partial charge in [-0.05, 0) is 19.1 Å². The topological polar surface area (TPSA) is 66.4 Å². The Kier molecular flexibility index (Phi) is 2.97. The monoisotopic (exact) mass is 181 g/mol. The number of aliphatic hydroxyl groups is 1. The Morgan fingerprint density at radius 3 is 2.54 bits per heavy atom. The van der Waals surface area contributed by atoms with Crippen LogP contribution in [0.2, 0.25) is 0 Å². The van der Waals surface area contributed by atoms with Crippen LogP contribution in [-0.2, 0) is 9.59 Å². The summed E-state index contributed by atoms with van der Waals surface area (Å²) < 4.78 is 0. The fourth-order valence-corrected chi connectivity index (χ4v) is 1.07. The van der Waals surface area contributed by atoms with Gasteiger partial charge in [0, 0.05) is 12.1 Å². The van der Waals surface area contributed by atoms with Crippen LogP contribution in [0, 0.1) is 0 Å². The first-order valence-corrected chi connectivity index (χ1v) is 3.99. The second-order valence-corrected chi connectivity index (χ2v) is 2.71. The normalized spacial score (nSPS) is 16.8. The highest BCUT2D eigenvalue weighted by molar-refractivity contribution is 6.19. The van der Waals surface area contributed by atoms with E-state index in [1.807, 2.05) is 0 Å². The van der Waals surface area contributed by atoms with E-state index in [0.29, 0.717) is 11.3 Å². The molecule has 1 rings (SSSR count). The molecule has 13 heavy (non-hydrogen) atoms. The summed E-state index contributed by atoms with van der Waals surface area (Å²) in [5, 5.41) is 11.2. The first-order chi connectivity index (χ1) is 6.16. The zero-order valence-electron chi connectivity index (χ0n) is 7.33. The van der Waals surface area contributed by atoms with E-state index < -0.39 is 0 Å². The minimum Gasteiger partial charge on any atom is -0.395 e. The number of nitrogens with one attached hydrogen (secondary N) is 1. The average Bonchev–Trinajstić information content (AvgIpc) is 2.12. The summed E-state index contributed by atoms with van der Waals surface area (Å²) in [6, 6.07) is 0. The summed E-state index contributed by atoms with van der Waals surface area (Å²) in [6.07, 6.45) is 2.48. The van der Waals surface area contributed by atoms with E-state index in [9.17, 15) is 9.59 Å². The standard InChI is InChI=1S/C9H11NO3/c1-6-7(12)2-3-8(13)9(6)10-4-5-11/h2-3,10-11H,4-5H2,1H3. The molecular formula is C9H11NO3. The third kappa shape index (κ3) is 2.03. The summed E-state index contributed by atoms with van der Waals surface area (Å²) >= 11 is 0. The van der Waals surface area contributed by atoms with Gasteiger partial charge in [-0.25, -0.2) is 0 Å². The summed E-state index contributed by atoms with van der Waals surface area (Å²) in [6.45, 7) is 1.80. The lowest BCUT2D eigenvalue weighted by Crippen LogP contribution is -2.27. The van der Waals surface area contributed by atoms with Gasteiger partial charge < -0.3 is 10.4 Å². The van der Waals surface area contributed by atoms with Gasteiger partial charge in [0.25, 0.3) is 0 Å².